The van der Waals surface area contributed by atoms with Gasteiger partial charge in [0.1, 0.15) is 17.8 Å². The summed E-state index contributed by atoms with van der Waals surface area (Å²) in [6.45, 7) is 4.01. The lowest BCUT2D eigenvalue weighted by Gasteiger charge is -2.12. The highest BCUT2D eigenvalue weighted by molar-refractivity contribution is 5.95. The van der Waals surface area contributed by atoms with Crippen LogP contribution in [0.1, 0.15) is 30.6 Å². The van der Waals surface area contributed by atoms with Crippen LogP contribution in [-0.4, -0.2) is 29.0 Å². The molecule has 0 aliphatic carbocycles. The van der Waals surface area contributed by atoms with Crippen LogP contribution in [0.2, 0.25) is 0 Å². The van der Waals surface area contributed by atoms with E-state index < -0.39 is 0 Å². The Balaban J connectivity index is 1.81. The van der Waals surface area contributed by atoms with E-state index in [1.807, 2.05) is 50.2 Å². The predicted molar refractivity (Wildman–Crippen MR) is 108 cm³/mol. The molecular weight excluding hydrogens is 354 g/mol. The molecule has 0 saturated carbocycles. The zero-order valence-corrected chi connectivity index (χ0v) is 16.2. The zero-order chi connectivity index (χ0) is 19.9. The Labute approximate surface area is 164 Å². The molecule has 1 N–H and O–H groups in total. The summed E-state index contributed by atoms with van der Waals surface area (Å²) in [5.41, 5.74) is 2.08. The predicted octanol–water partition coefficient (Wildman–Crippen LogP) is 4.47. The molecule has 0 radical (unpaired) electrons. The molecule has 0 aliphatic heterocycles. The van der Waals surface area contributed by atoms with Crippen molar-refractivity contribution in [3.63, 3.8) is 0 Å². The van der Waals surface area contributed by atoms with Gasteiger partial charge in [0.2, 0.25) is 5.88 Å². The molecule has 0 saturated heterocycles. The fourth-order valence-electron chi connectivity index (χ4n) is 2.57. The van der Waals surface area contributed by atoms with E-state index in [4.69, 9.17) is 9.47 Å². The maximum atomic E-state index is 12.4. The summed E-state index contributed by atoms with van der Waals surface area (Å²) in [7, 11) is 1.60. The Kier molecular flexibility index (Phi) is 6.22. The van der Waals surface area contributed by atoms with Crippen LogP contribution in [0.5, 0.6) is 17.4 Å². The largest absolute Gasteiger partial charge is 0.497 e. The van der Waals surface area contributed by atoms with E-state index in [0.717, 1.165) is 12.0 Å². The highest BCUT2D eigenvalue weighted by Crippen LogP contribution is 2.26. The van der Waals surface area contributed by atoms with E-state index in [-0.39, 0.29) is 11.9 Å². The molecule has 0 aliphatic rings. The lowest BCUT2D eigenvalue weighted by Crippen LogP contribution is -2.31. The van der Waals surface area contributed by atoms with Gasteiger partial charge in [0.05, 0.1) is 12.8 Å². The van der Waals surface area contributed by atoms with Crippen LogP contribution in [0.4, 0.5) is 0 Å². The van der Waals surface area contributed by atoms with E-state index in [1.54, 1.807) is 25.3 Å². The summed E-state index contributed by atoms with van der Waals surface area (Å²) >= 11 is 0. The molecule has 0 spiro atoms. The van der Waals surface area contributed by atoms with Crippen molar-refractivity contribution < 1.29 is 14.3 Å². The summed E-state index contributed by atoms with van der Waals surface area (Å²) in [5, 5.41) is 2.97. The molecule has 6 heteroatoms. The van der Waals surface area contributed by atoms with Gasteiger partial charge in [0.25, 0.3) is 5.91 Å². The molecule has 1 atom stereocenters. The Morgan fingerprint density at radius 2 is 1.86 bits per heavy atom. The van der Waals surface area contributed by atoms with Crippen molar-refractivity contribution in [2.24, 2.45) is 0 Å². The van der Waals surface area contributed by atoms with E-state index in [1.165, 1.54) is 6.33 Å². The summed E-state index contributed by atoms with van der Waals surface area (Å²) in [6.07, 6.45) is 2.32. The molecule has 0 bridgehead atoms. The molecule has 3 rings (SSSR count). The smallest absolute Gasteiger partial charge is 0.251 e. The van der Waals surface area contributed by atoms with Crippen LogP contribution >= 0.6 is 0 Å². The minimum absolute atomic E-state index is 0.0990. The van der Waals surface area contributed by atoms with Gasteiger partial charge in [-0.2, -0.15) is 0 Å². The average Bonchev–Trinajstić information content (AvgIpc) is 2.74. The van der Waals surface area contributed by atoms with Gasteiger partial charge < -0.3 is 14.8 Å². The van der Waals surface area contributed by atoms with Gasteiger partial charge >= 0.3 is 0 Å². The van der Waals surface area contributed by atoms with Crippen molar-refractivity contribution in [1.82, 2.24) is 15.3 Å². The van der Waals surface area contributed by atoms with Crippen molar-refractivity contribution in [3.05, 3.63) is 66.5 Å². The first-order valence-electron chi connectivity index (χ1n) is 9.14. The topological polar surface area (TPSA) is 73.3 Å². The number of ether oxygens (including phenoxy) is 2. The van der Waals surface area contributed by atoms with E-state index in [0.29, 0.717) is 28.6 Å². The first-order valence-corrected chi connectivity index (χ1v) is 9.14. The van der Waals surface area contributed by atoms with E-state index >= 15 is 0 Å². The number of aromatic nitrogens is 2. The summed E-state index contributed by atoms with van der Waals surface area (Å²) in [5.74, 6) is 1.63. The minimum atomic E-state index is -0.0990. The van der Waals surface area contributed by atoms with Crippen molar-refractivity contribution in [2.75, 3.05) is 7.11 Å². The number of benzene rings is 2. The first kappa shape index (κ1) is 19.4. The summed E-state index contributed by atoms with van der Waals surface area (Å²) < 4.78 is 11.0. The standard InChI is InChI=1S/C22H23N3O3/c1-4-15(2)25-22(26)17-8-5-7-16(11-17)20-13-21(24-14-23-20)28-19-10-6-9-18(12-19)27-3/h5-15H,4H2,1-3H3,(H,25,26). The van der Waals surface area contributed by atoms with Gasteiger partial charge in [-0.3, -0.25) is 4.79 Å². The molecule has 2 aromatic carbocycles. The molecule has 28 heavy (non-hydrogen) atoms. The number of nitrogens with one attached hydrogen (secondary N) is 1. The third kappa shape index (κ3) is 4.85. The maximum absolute atomic E-state index is 12.4. The molecule has 1 unspecified atom stereocenters. The maximum Gasteiger partial charge on any atom is 0.251 e. The first-order chi connectivity index (χ1) is 13.6. The van der Waals surface area contributed by atoms with Gasteiger partial charge in [-0.05, 0) is 37.6 Å². The van der Waals surface area contributed by atoms with Crippen LogP contribution in [0.3, 0.4) is 0 Å². The quantitative estimate of drug-likeness (QED) is 0.657. The second-order valence-corrected chi connectivity index (χ2v) is 6.39. The van der Waals surface area contributed by atoms with E-state index in [2.05, 4.69) is 15.3 Å². The van der Waals surface area contributed by atoms with Gasteiger partial charge in [-0.25, -0.2) is 9.97 Å². The molecule has 6 nitrogen and oxygen atoms in total. The number of carbonyl (C=O) groups is 1. The molecule has 3 aromatic rings. The van der Waals surface area contributed by atoms with Crippen LogP contribution in [0.25, 0.3) is 11.3 Å². The number of rotatable bonds is 7. The Hall–Kier alpha value is -3.41. The summed E-state index contributed by atoms with van der Waals surface area (Å²) in [4.78, 5) is 20.9. The number of hydrogen-bond acceptors (Lipinski definition) is 5. The summed E-state index contributed by atoms with van der Waals surface area (Å²) in [6, 6.07) is 16.5. The molecular formula is C22H23N3O3. The molecule has 1 amide bonds. The van der Waals surface area contributed by atoms with Crippen molar-refractivity contribution in [1.29, 1.82) is 0 Å². The van der Waals surface area contributed by atoms with Gasteiger partial charge in [-0.1, -0.05) is 25.1 Å². The number of amides is 1. The number of hydrogen-bond donors (Lipinski definition) is 1. The minimum Gasteiger partial charge on any atom is -0.497 e. The van der Waals surface area contributed by atoms with Gasteiger partial charge in [0, 0.05) is 29.3 Å². The fourth-order valence-corrected chi connectivity index (χ4v) is 2.57. The molecule has 1 heterocycles. The third-order valence-corrected chi connectivity index (χ3v) is 4.32. The second kappa shape index (κ2) is 8.99. The Morgan fingerprint density at radius 3 is 2.64 bits per heavy atom. The van der Waals surface area contributed by atoms with Crippen molar-refractivity contribution >= 4 is 5.91 Å². The van der Waals surface area contributed by atoms with Crippen molar-refractivity contribution in [3.8, 4) is 28.6 Å². The molecule has 1 aromatic heterocycles. The van der Waals surface area contributed by atoms with Crippen molar-refractivity contribution in [2.45, 2.75) is 26.3 Å². The number of carbonyl (C=O) groups excluding carboxylic acids is 1. The Bertz CT molecular complexity index is 959. The number of nitrogens with zero attached hydrogens (tertiary/aromatic N) is 2. The second-order valence-electron chi connectivity index (χ2n) is 6.39. The highest BCUT2D eigenvalue weighted by atomic mass is 16.5. The van der Waals surface area contributed by atoms with Crippen LogP contribution in [0.15, 0.2) is 60.9 Å². The lowest BCUT2D eigenvalue weighted by atomic mass is 10.1. The monoisotopic (exact) mass is 377 g/mol. The zero-order valence-electron chi connectivity index (χ0n) is 16.2. The van der Waals surface area contributed by atoms with E-state index in [9.17, 15) is 4.79 Å². The van der Waals surface area contributed by atoms with Crippen LogP contribution < -0.4 is 14.8 Å². The molecule has 0 fully saturated rings. The normalized spacial score (nSPS) is 11.5. The average molecular weight is 377 g/mol. The van der Waals surface area contributed by atoms with Gasteiger partial charge in [0.15, 0.2) is 0 Å². The SMILES string of the molecule is CCC(C)NC(=O)c1cccc(-c2cc(Oc3cccc(OC)c3)ncn2)c1. The lowest BCUT2D eigenvalue weighted by molar-refractivity contribution is 0.0939. The number of methoxy groups -OCH3 is 1. The Morgan fingerprint density at radius 1 is 1.07 bits per heavy atom. The molecule has 144 valence electrons. The van der Waals surface area contributed by atoms with Crippen LogP contribution in [-0.2, 0) is 0 Å². The highest BCUT2D eigenvalue weighted by Gasteiger charge is 2.11. The van der Waals surface area contributed by atoms with Crippen LogP contribution in [0, 0.1) is 0 Å². The fraction of sp³-hybridized carbons (Fsp3) is 0.227. The van der Waals surface area contributed by atoms with Gasteiger partial charge in [-0.15, -0.1) is 0 Å². The third-order valence-electron chi connectivity index (χ3n) is 4.32.